The lowest BCUT2D eigenvalue weighted by Crippen LogP contribution is -2.38. The van der Waals surface area contributed by atoms with Gasteiger partial charge in [0, 0.05) is 10.4 Å². The fraction of sp³-hybridized carbons (Fsp3) is 0.476. The van der Waals surface area contributed by atoms with Crippen LogP contribution in [-0.2, 0) is 12.8 Å². The van der Waals surface area contributed by atoms with Crippen LogP contribution in [0.5, 0.6) is 5.75 Å². The van der Waals surface area contributed by atoms with Gasteiger partial charge in [-0.05, 0) is 42.2 Å². The van der Waals surface area contributed by atoms with E-state index in [1.165, 1.54) is 16.9 Å². The predicted octanol–water partition coefficient (Wildman–Crippen LogP) is 4.85. The first-order valence-electron chi connectivity index (χ1n) is 9.40. The van der Waals surface area contributed by atoms with Crippen molar-refractivity contribution >= 4 is 22.2 Å². The normalized spacial score (nSPS) is 22.2. The standard InChI is InChI=1S/C21H26N2O2S/c1-4-21(2,3)12-9-10-14-16(11-12)26-20-17(14)19(25)22-18(23-20)13-7-5-6-8-15(13)24/h5-8,12,18,23-24H,4,9-11H2,1-3H3,(H,22,25). The Labute approximate surface area is 158 Å². The van der Waals surface area contributed by atoms with Crippen molar-refractivity contribution in [3.05, 3.63) is 45.8 Å². The maximum absolute atomic E-state index is 12.8. The van der Waals surface area contributed by atoms with Crippen molar-refractivity contribution < 1.29 is 9.90 Å². The fourth-order valence-electron chi connectivity index (χ4n) is 4.14. The number of para-hydroxylation sites is 1. The van der Waals surface area contributed by atoms with E-state index < -0.39 is 0 Å². The first-order valence-corrected chi connectivity index (χ1v) is 10.2. The van der Waals surface area contributed by atoms with Crippen LogP contribution in [0.1, 0.15) is 66.1 Å². The first-order chi connectivity index (χ1) is 12.4. The molecule has 0 bridgehead atoms. The van der Waals surface area contributed by atoms with Gasteiger partial charge in [-0.1, -0.05) is 45.4 Å². The number of carbonyl (C=O) groups excluding carboxylic acids is 1. The highest BCUT2D eigenvalue weighted by molar-refractivity contribution is 7.16. The van der Waals surface area contributed by atoms with Crippen molar-refractivity contribution in [1.29, 1.82) is 0 Å². The topological polar surface area (TPSA) is 61.4 Å². The average Bonchev–Trinajstić information content (AvgIpc) is 3.00. The number of hydrogen-bond acceptors (Lipinski definition) is 4. The van der Waals surface area contributed by atoms with E-state index in [-0.39, 0.29) is 17.8 Å². The molecule has 0 saturated heterocycles. The minimum Gasteiger partial charge on any atom is -0.508 e. The van der Waals surface area contributed by atoms with Gasteiger partial charge in [0.15, 0.2) is 0 Å². The molecule has 2 heterocycles. The first kappa shape index (κ1) is 17.4. The van der Waals surface area contributed by atoms with Crippen LogP contribution in [-0.4, -0.2) is 11.0 Å². The monoisotopic (exact) mass is 370 g/mol. The van der Waals surface area contributed by atoms with Gasteiger partial charge in [0.2, 0.25) is 0 Å². The van der Waals surface area contributed by atoms with E-state index >= 15 is 0 Å². The third-order valence-corrected chi connectivity index (χ3v) is 7.49. The van der Waals surface area contributed by atoms with Gasteiger partial charge in [-0.2, -0.15) is 0 Å². The van der Waals surface area contributed by atoms with E-state index in [0.29, 0.717) is 16.9 Å². The lowest BCUT2D eigenvalue weighted by Gasteiger charge is -2.36. The molecule has 2 unspecified atom stereocenters. The number of nitrogens with one attached hydrogen (secondary N) is 2. The van der Waals surface area contributed by atoms with Gasteiger partial charge in [0.1, 0.15) is 16.9 Å². The molecule has 0 saturated carbocycles. The Morgan fingerprint density at radius 2 is 2.04 bits per heavy atom. The summed E-state index contributed by atoms with van der Waals surface area (Å²) in [4.78, 5) is 14.2. The minimum absolute atomic E-state index is 0.0299. The van der Waals surface area contributed by atoms with Crippen LogP contribution in [0.3, 0.4) is 0 Å². The smallest absolute Gasteiger partial charge is 0.256 e. The SMILES string of the molecule is CCC(C)(C)C1CCc2c(sc3c2C(=O)NC(c2ccccc2O)N3)C1. The molecule has 2 aromatic rings. The van der Waals surface area contributed by atoms with Crippen molar-refractivity contribution in [2.24, 2.45) is 11.3 Å². The van der Waals surface area contributed by atoms with Crippen LogP contribution in [0.25, 0.3) is 0 Å². The maximum Gasteiger partial charge on any atom is 0.256 e. The van der Waals surface area contributed by atoms with E-state index in [4.69, 9.17) is 0 Å². The third-order valence-electron chi connectivity index (χ3n) is 6.31. The van der Waals surface area contributed by atoms with Crippen molar-refractivity contribution in [3.63, 3.8) is 0 Å². The van der Waals surface area contributed by atoms with Crippen molar-refractivity contribution in [3.8, 4) is 5.75 Å². The predicted molar refractivity (Wildman–Crippen MR) is 106 cm³/mol. The molecule has 138 valence electrons. The Balaban J connectivity index is 1.65. The van der Waals surface area contributed by atoms with E-state index in [2.05, 4.69) is 31.4 Å². The van der Waals surface area contributed by atoms with Crippen molar-refractivity contribution in [2.45, 2.75) is 52.6 Å². The Bertz CT molecular complexity index is 856. The Kier molecular flexibility index (Phi) is 4.22. The molecule has 0 radical (unpaired) electrons. The van der Waals surface area contributed by atoms with Gasteiger partial charge in [0.25, 0.3) is 5.91 Å². The quantitative estimate of drug-likeness (QED) is 0.724. The molecule has 2 aliphatic rings. The highest BCUT2D eigenvalue weighted by atomic mass is 32.1. The number of amides is 1. The summed E-state index contributed by atoms with van der Waals surface area (Å²) in [5.74, 6) is 0.828. The van der Waals surface area contributed by atoms with E-state index in [9.17, 15) is 9.90 Å². The van der Waals surface area contributed by atoms with E-state index in [1.54, 1.807) is 23.5 Å². The summed E-state index contributed by atoms with van der Waals surface area (Å²) >= 11 is 1.72. The second kappa shape index (κ2) is 6.31. The number of benzene rings is 1. The van der Waals surface area contributed by atoms with Gasteiger partial charge in [0.05, 0.1) is 5.56 Å². The zero-order valence-corrected chi connectivity index (χ0v) is 16.4. The van der Waals surface area contributed by atoms with Crippen molar-refractivity contribution in [2.75, 3.05) is 5.32 Å². The van der Waals surface area contributed by atoms with Crippen LogP contribution < -0.4 is 10.6 Å². The van der Waals surface area contributed by atoms with Crippen LogP contribution in [0.15, 0.2) is 24.3 Å². The highest BCUT2D eigenvalue weighted by Crippen LogP contribution is 2.47. The minimum atomic E-state index is -0.390. The Hall–Kier alpha value is -2.01. The van der Waals surface area contributed by atoms with Gasteiger partial charge < -0.3 is 15.7 Å². The summed E-state index contributed by atoms with van der Waals surface area (Å²) in [6.45, 7) is 6.98. The lowest BCUT2D eigenvalue weighted by atomic mass is 9.69. The number of aromatic hydroxyl groups is 1. The van der Waals surface area contributed by atoms with Gasteiger partial charge in [-0.25, -0.2) is 0 Å². The number of carbonyl (C=O) groups is 1. The number of phenols is 1. The number of thiophene rings is 1. The molecule has 5 heteroatoms. The van der Waals surface area contributed by atoms with Gasteiger partial charge in [-0.15, -0.1) is 11.3 Å². The molecule has 4 rings (SSSR count). The van der Waals surface area contributed by atoms with Gasteiger partial charge >= 0.3 is 0 Å². The molecule has 1 aliphatic carbocycles. The maximum atomic E-state index is 12.8. The second-order valence-corrected chi connectivity index (χ2v) is 9.20. The Morgan fingerprint density at radius 1 is 1.27 bits per heavy atom. The number of rotatable bonds is 3. The van der Waals surface area contributed by atoms with E-state index in [0.717, 1.165) is 29.8 Å². The number of hydrogen-bond donors (Lipinski definition) is 3. The highest BCUT2D eigenvalue weighted by Gasteiger charge is 2.37. The van der Waals surface area contributed by atoms with Crippen LogP contribution in [0.2, 0.25) is 0 Å². The third kappa shape index (κ3) is 2.78. The fourth-order valence-corrected chi connectivity index (χ4v) is 5.49. The number of phenolic OH excluding ortho intramolecular Hbond substituents is 1. The largest absolute Gasteiger partial charge is 0.508 e. The molecule has 0 spiro atoms. The summed E-state index contributed by atoms with van der Waals surface area (Å²) in [5, 5.41) is 17.5. The van der Waals surface area contributed by atoms with Crippen LogP contribution in [0.4, 0.5) is 5.00 Å². The average molecular weight is 371 g/mol. The molecule has 4 nitrogen and oxygen atoms in total. The molecular formula is C21H26N2O2S. The molecule has 0 fully saturated rings. The van der Waals surface area contributed by atoms with Gasteiger partial charge in [-0.3, -0.25) is 4.79 Å². The summed E-state index contributed by atoms with van der Waals surface area (Å²) in [6, 6.07) is 7.14. The summed E-state index contributed by atoms with van der Waals surface area (Å²) in [7, 11) is 0. The molecular weight excluding hydrogens is 344 g/mol. The Morgan fingerprint density at radius 3 is 2.77 bits per heavy atom. The summed E-state index contributed by atoms with van der Waals surface area (Å²) in [5.41, 5.74) is 3.08. The molecule has 2 atom stereocenters. The zero-order chi connectivity index (χ0) is 18.5. The molecule has 26 heavy (non-hydrogen) atoms. The molecule has 1 aromatic heterocycles. The molecule has 1 aromatic carbocycles. The zero-order valence-electron chi connectivity index (χ0n) is 15.6. The lowest BCUT2D eigenvalue weighted by molar-refractivity contribution is 0.0934. The van der Waals surface area contributed by atoms with Crippen LogP contribution >= 0.6 is 11.3 Å². The molecule has 1 amide bonds. The number of anilines is 1. The second-order valence-electron chi connectivity index (χ2n) is 8.10. The molecule has 3 N–H and O–H groups in total. The molecule has 1 aliphatic heterocycles. The van der Waals surface area contributed by atoms with Crippen molar-refractivity contribution in [1.82, 2.24) is 5.32 Å². The van der Waals surface area contributed by atoms with Crippen LogP contribution in [0, 0.1) is 11.3 Å². The summed E-state index contributed by atoms with van der Waals surface area (Å²) in [6.07, 6.45) is 3.97. The number of fused-ring (bicyclic) bond motifs is 3. The summed E-state index contributed by atoms with van der Waals surface area (Å²) < 4.78 is 0. The van der Waals surface area contributed by atoms with E-state index in [1.807, 2.05) is 12.1 Å².